The van der Waals surface area contributed by atoms with E-state index in [9.17, 15) is 4.79 Å². The number of aryl methyl sites for hydroxylation is 1. The number of benzene rings is 2. The highest BCUT2D eigenvalue weighted by atomic mass is 32.2. The van der Waals surface area contributed by atoms with Gasteiger partial charge in [0.1, 0.15) is 0 Å². The van der Waals surface area contributed by atoms with Crippen molar-refractivity contribution in [2.45, 2.75) is 18.2 Å². The topological polar surface area (TPSA) is 42.0 Å². The van der Waals surface area contributed by atoms with Crippen LogP contribution in [-0.4, -0.2) is 16.6 Å². The van der Waals surface area contributed by atoms with Gasteiger partial charge in [-0.2, -0.15) is 0 Å². The van der Waals surface area contributed by atoms with Gasteiger partial charge in [0.05, 0.1) is 16.4 Å². The summed E-state index contributed by atoms with van der Waals surface area (Å²) in [5.74, 6) is 0.784. The van der Waals surface area contributed by atoms with Crippen LogP contribution in [0.4, 0.5) is 5.69 Å². The fraction of sp³-hybridized carbons (Fsp3) is 0.158. The summed E-state index contributed by atoms with van der Waals surface area (Å²) in [4.78, 5) is 17.9. The molecule has 0 saturated heterocycles. The lowest BCUT2D eigenvalue weighted by Crippen LogP contribution is -2.12. The molecule has 0 unspecified atom stereocenters. The number of carbonyl (C=O) groups is 1. The third-order valence-electron chi connectivity index (χ3n) is 3.44. The molecule has 3 nitrogen and oxygen atoms in total. The summed E-state index contributed by atoms with van der Waals surface area (Å²) in [5, 5.41) is 6.06. The molecule has 24 heavy (non-hydrogen) atoms. The number of thioether (sulfide) groups is 1. The van der Waals surface area contributed by atoms with Gasteiger partial charge in [0.2, 0.25) is 5.91 Å². The first kappa shape index (κ1) is 16.7. The summed E-state index contributed by atoms with van der Waals surface area (Å²) < 4.78 is 0. The predicted molar refractivity (Wildman–Crippen MR) is 103 cm³/mol. The first-order valence-electron chi connectivity index (χ1n) is 7.71. The Labute approximate surface area is 150 Å². The second-order valence-corrected chi connectivity index (χ2v) is 7.49. The summed E-state index contributed by atoms with van der Waals surface area (Å²) in [5.41, 5.74) is 2.69. The third kappa shape index (κ3) is 4.46. The van der Waals surface area contributed by atoms with Crippen molar-refractivity contribution in [1.29, 1.82) is 0 Å². The second-order valence-electron chi connectivity index (χ2n) is 5.26. The lowest BCUT2D eigenvalue weighted by Gasteiger charge is -2.09. The molecule has 0 bridgehead atoms. The Morgan fingerprint density at radius 2 is 1.88 bits per heavy atom. The summed E-state index contributed by atoms with van der Waals surface area (Å²) >= 11 is 3.30. The van der Waals surface area contributed by atoms with Crippen LogP contribution in [0.1, 0.15) is 11.4 Å². The molecule has 1 heterocycles. The van der Waals surface area contributed by atoms with E-state index in [2.05, 4.69) is 22.4 Å². The van der Waals surface area contributed by atoms with Crippen LogP contribution < -0.4 is 5.32 Å². The minimum absolute atomic E-state index is 0.0258. The zero-order valence-corrected chi connectivity index (χ0v) is 15.0. The van der Waals surface area contributed by atoms with Gasteiger partial charge in [-0.15, -0.1) is 23.1 Å². The van der Waals surface area contributed by atoms with Crippen LogP contribution in [0, 0.1) is 6.92 Å². The van der Waals surface area contributed by atoms with E-state index in [1.165, 1.54) is 4.90 Å². The van der Waals surface area contributed by atoms with Crippen molar-refractivity contribution in [2.75, 3.05) is 11.1 Å². The maximum absolute atomic E-state index is 12.2. The number of aromatic nitrogens is 1. The van der Waals surface area contributed by atoms with Crippen molar-refractivity contribution in [3.63, 3.8) is 0 Å². The van der Waals surface area contributed by atoms with Gasteiger partial charge in [0.25, 0.3) is 0 Å². The van der Waals surface area contributed by atoms with E-state index in [0.717, 1.165) is 27.7 Å². The molecule has 1 N–H and O–H groups in total. The first-order chi connectivity index (χ1) is 11.7. The standard InChI is InChI=1S/C19H18N2OS2/c1-14-20-18(13-24-14)16-9-5-6-10-17(16)21-19(22)11-12-23-15-7-3-2-4-8-15/h2-10,13H,11-12H2,1H3,(H,21,22). The Hall–Kier alpha value is -2.11. The van der Waals surface area contributed by atoms with Crippen molar-refractivity contribution in [1.82, 2.24) is 4.98 Å². The molecular formula is C19H18N2OS2. The number of anilines is 1. The fourth-order valence-corrected chi connectivity index (χ4v) is 3.78. The predicted octanol–water partition coefficient (Wildman–Crippen LogP) is 5.24. The molecule has 0 radical (unpaired) electrons. The van der Waals surface area contributed by atoms with E-state index in [0.29, 0.717) is 6.42 Å². The van der Waals surface area contributed by atoms with E-state index in [4.69, 9.17) is 0 Å². The van der Waals surface area contributed by atoms with Gasteiger partial charge in [0.15, 0.2) is 0 Å². The molecule has 0 spiro atoms. The van der Waals surface area contributed by atoms with Crippen LogP contribution in [0.3, 0.4) is 0 Å². The SMILES string of the molecule is Cc1nc(-c2ccccc2NC(=O)CCSc2ccccc2)cs1. The summed E-state index contributed by atoms with van der Waals surface area (Å²) in [7, 11) is 0. The zero-order valence-electron chi connectivity index (χ0n) is 13.4. The largest absolute Gasteiger partial charge is 0.325 e. The van der Waals surface area contributed by atoms with E-state index in [1.807, 2.05) is 54.8 Å². The summed E-state index contributed by atoms with van der Waals surface area (Å²) in [6, 6.07) is 17.9. The highest BCUT2D eigenvalue weighted by Gasteiger charge is 2.10. The van der Waals surface area contributed by atoms with Crippen molar-refractivity contribution in [2.24, 2.45) is 0 Å². The van der Waals surface area contributed by atoms with Crippen LogP contribution in [0.25, 0.3) is 11.3 Å². The average Bonchev–Trinajstić information content (AvgIpc) is 3.02. The number of hydrogen-bond donors (Lipinski definition) is 1. The molecule has 0 aliphatic rings. The van der Waals surface area contributed by atoms with Crippen molar-refractivity contribution < 1.29 is 4.79 Å². The number of para-hydroxylation sites is 1. The van der Waals surface area contributed by atoms with Gasteiger partial charge in [-0.3, -0.25) is 4.79 Å². The van der Waals surface area contributed by atoms with Gasteiger partial charge >= 0.3 is 0 Å². The summed E-state index contributed by atoms with van der Waals surface area (Å²) in [6.07, 6.45) is 0.476. The smallest absolute Gasteiger partial charge is 0.225 e. The Bertz CT molecular complexity index is 815. The molecule has 0 saturated carbocycles. The van der Waals surface area contributed by atoms with Crippen LogP contribution in [0.15, 0.2) is 64.9 Å². The highest BCUT2D eigenvalue weighted by molar-refractivity contribution is 7.99. The van der Waals surface area contributed by atoms with Crippen molar-refractivity contribution in [3.05, 3.63) is 65.0 Å². The summed E-state index contributed by atoms with van der Waals surface area (Å²) in [6.45, 7) is 1.98. The average molecular weight is 354 g/mol. The number of amides is 1. The normalized spacial score (nSPS) is 10.5. The molecule has 2 aromatic carbocycles. The maximum Gasteiger partial charge on any atom is 0.225 e. The third-order valence-corrected chi connectivity index (χ3v) is 5.22. The molecule has 0 fully saturated rings. The van der Waals surface area contributed by atoms with Crippen molar-refractivity contribution >= 4 is 34.7 Å². The Morgan fingerprint density at radius 1 is 1.12 bits per heavy atom. The lowest BCUT2D eigenvalue weighted by atomic mass is 10.1. The molecule has 3 rings (SSSR count). The number of nitrogens with one attached hydrogen (secondary N) is 1. The van der Waals surface area contributed by atoms with E-state index >= 15 is 0 Å². The van der Waals surface area contributed by atoms with Gasteiger partial charge < -0.3 is 5.32 Å². The number of carbonyl (C=O) groups excluding carboxylic acids is 1. The zero-order chi connectivity index (χ0) is 16.8. The van der Waals surface area contributed by atoms with Gasteiger partial charge in [-0.1, -0.05) is 36.4 Å². The quantitative estimate of drug-likeness (QED) is 0.616. The Morgan fingerprint density at radius 3 is 2.62 bits per heavy atom. The Kier molecular flexibility index (Phi) is 5.67. The van der Waals surface area contributed by atoms with E-state index in [-0.39, 0.29) is 5.91 Å². The minimum atomic E-state index is 0.0258. The van der Waals surface area contributed by atoms with Crippen LogP contribution >= 0.6 is 23.1 Å². The molecule has 0 aliphatic carbocycles. The number of nitrogens with zero attached hydrogens (tertiary/aromatic N) is 1. The molecule has 1 aromatic heterocycles. The molecule has 1 amide bonds. The fourth-order valence-electron chi connectivity index (χ4n) is 2.29. The van der Waals surface area contributed by atoms with Gasteiger partial charge in [0, 0.05) is 28.0 Å². The van der Waals surface area contributed by atoms with Crippen LogP contribution in [0.2, 0.25) is 0 Å². The molecule has 5 heteroatoms. The maximum atomic E-state index is 12.2. The number of thiazole rings is 1. The number of rotatable bonds is 6. The second kappa shape index (κ2) is 8.13. The minimum Gasteiger partial charge on any atom is -0.325 e. The lowest BCUT2D eigenvalue weighted by molar-refractivity contribution is -0.115. The van der Waals surface area contributed by atoms with Gasteiger partial charge in [-0.05, 0) is 25.1 Å². The monoisotopic (exact) mass is 354 g/mol. The number of hydrogen-bond acceptors (Lipinski definition) is 4. The van der Waals surface area contributed by atoms with Crippen LogP contribution in [0.5, 0.6) is 0 Å². The van der Waals surface area contributed by atoms with Crippen molar-refractivity contribution in [3.8, 4) is 11.3 Å². The van der Waals surface area contributed by atoms with Gasteiger partial charge in [-0.25, -0.2) is 4.98 Å². The molecule has 0 aliphatic heterocycles. The van der Waals surface area contributed by atoms with Crippen LogP contribution in [-0.2, 0) is 4.79 Å². The first-order valence-corrected chi connectivity index (χ1v) is 9.58. The highest BCUT2D eigenvalue weighted by Crippen LogP contribution is 2.29. The van der Waals surface area contributed by atoms with E-state index in [1.54, 1.807) is 23.1 Å². The molecular weight excluding hydrogens is 336 g/mol. The molecule has 3 aromatic rings. The molecule has 0 atom stereocenters. The van der Waals surface area contributed by atoms with E-state index < -0.39 is 0 Å². The Balaban J connectivity index is 1.60. The molecule has 122 valence electrons.